The molecule has 0 saturated heterocycles. The van der Waals surface area contributed by atoms with E-state index >= 15 is 0 Å². The first-order valence-corrected chi connectivity index (χ1v) is 6.99. The van der Waals surface area contributed by atoms with E-state index < -0.39 is 4.92 Å². The Kier molecular flexibility index (Phi) is 4.88. The number of amides is 1. The van der Waals surface area contributed by atoms with Crippen LogP contribution in [0.3, 0.4) is 0 Å². The number of nitrogens with zero attached hydrogens (tertiary/aromatic N) is 3. The van der Waals surface area contributed by atoms with E-state index in [2.05, 4.69) is 10.4 Å². The number of nitro groups is 1. The van der Waals surface area contributed by atoms with Crippen molar-refractivity contribution in [2.45, 2.75) is 26.4 Å². The fraction of sp³-hybridized carbons (Fsp3) is 0.333. The van der Waals surface area contributed by atoms with Gasteiger partial charge in [0.1, 0.15) is 12.4 Å². The maximum atomic E-state index is 12.2. The molecule has 2 aromatic rings. The molecule has 1 N–H and O–H groups in total. The molecular weight excluding hydrogens is 284 g/mol. The number of carbonyl (C=O) groups is 1. The third-order valence-electron chi connectivity index (χ3n) is 3.40. The Labute approximate surface area is 128 Å². The highest BCUT2D eigenvalue weighted by molar-refractivity contribution is 5.78. The topological polar surface area (TPSA) is 90.1 Å². The minimum absolute atomic E-state index is 0.0785. The molecule has 0 spiro atoms. The van der Waals surface area contributed by atoms with Crippen LogP contribution in [-0.4, -0.2) is 20.6 Å². The molecule has 7 heteroatoms. The van der Waals surface area contributed by atoms with E-state index in [4.69, 9.17) is 0 Å². The predicted octanol–water partition coefficient (Wildman–Crippen LogP) is 2.30. The zero-order chi connectivity index (χ0) is 16.1. The minimum Gasteiger partial charge on any atom is -0.349 e. The third-order valence-corrected chi connectivity index (χ3v) is 3.40. The standard InChI is InChI=1S/C15H18N4O3/c1-11(9-18-10-14(8-16-18)19(21)22)15(20)17-12(2)13-6-4-3-5-7-13/h3-8,10-12H,9H2,1-2H3,(H,17,20). The van der Waals surface area contributed by atoms with E-state index in [0.717, 1.165) is 5.56 Å². The summed E-state index contributed by atoms with van der Waals surface area (Å²) in [5.41, 5.74) is 0.947. The van der Waals surface area contributed by atoms with Crippen LogP contribution in [0.5, 0.6) is 0 Å². The molecule has 0 bridgehead atoms. The summed E-state index contributed by atoms with van der Waals surface area (Å²) in [6, 6.07) is 9.57. The number of aromatic nitrogens is 2. The first kappa shape index (κ1) is 15.7. The highest BCUT2D eigenvalue weighted by atomic mass is 16.6. The van der Waals surface area contributed by atoms with Crippen molar-refractivity contribution in [2.75, 3.05) is 0 Å². The van der Waals surface area contributed by atoms with Gasteiger partial charge in [-0.15, -0.1) is 0 Å². The van der Waals surface area contributed by atoms with Crippen LogP contribution in [0.15, 0.2) is 42.7 Å². The summed E-state index contributed by atoms with van der Waals surface area (Å²) in [7, 11) is 0. The summed E-state index contributed by atoms with van der Waals surface area (Å²) in [5.74, 6) is -0.458. The Morgan fingerprint density at radius 2 is 2.05 bits per heavy atom. The molecule has 116 valence electrons. The molecule has 1 heterocycles. The van der Waals surface area contributed by atoms with Gasteiger partial charge in [-0.05, 0) is 12.5 Å². The quantitative estimate of drug-likeness (QED) is 0.655. The molecule has 0 fully saturated rings. The lowest BCUT2D eigenvalue weighted by Gasteiger charge is -2.17. The molecule has 0 aliphatic carbocycles. The zero-order valence-electron chi connectivity index (χ0n) is 12.5. The Morgan fingerprint density at radius 3 is 2.64 bits per heavy atom. The monoisotopic (exact) mass is 302 g/mol. The van der Waals surface area contributed by atoms with E-state index in [1.54, 1.807) is 6.92 Å². The maximum absolute atomic E-state index is 12.2. The van der Waals surface area contributed by atoms with E-state index in [9.17, 15) is 14.9 Å². The van der Waals surface area contributed by atoms with Crippen LogP contribution in [-0.2, 0) is 11.3 Å². The fourth-order valence-electron chi connectivity index (χ4n) is 2.09. The van der Waals surface area contributed by atoms with E-state index in [1.807, 2.05) is 37.3 Å². The van der Waals surface area contributed by atoms with Gasteiger partial charge in [0.15, 0.2) is 0 Å². The molecule has 0 saturated carbocycles. The SMILES string of the molecule is CC(Cn1cc([N+](=O)[O-])cn1)C(=O)NC(C)c1ccccc1. The van der Waals surface area contributed by atoms with Crippen molar-refractivity contribution < 1.29 is 9.72 Å². The Balaban J connectivity index is 1.92. The Hall–Kier alpha value is -2.70. The van der Waals surface area contributed by atoms with Gasteiger partial charge in [-0.3, -0.25) is 19.6 Å². The molecule has 0 aliphatic rings. The normalized spacial score (nSPS) is 13.4. The van der Waals surface area contributed by atoms with Gasteiger partial charge in [0.25, 0.3) is 0 Å². The van der Waals surface area contributed by atoms with Crippen molar-refractivity contribution in [1.82, 2.24) is 15.1 Å². The second-order valence-corrected chi connectivity index (χ2v) is 5.22. The molecule has 0 aliphatic heterocycles. The van der Waals surface area contributed by atoms with Crippen molar-refractivity contribution in [3.05, 3.63) is 58.4 Å². The van der Waals surface area contributed by atoms with Gasteiger partial charge in [0.2, 0.25) is 5.91 Å². The number of carbonyl (C=O) groups excluding carboxylic acids is 1. The molecule has 2 unspecified atom stereocenters. The van der Waals surface area contributed by atoms with Crippen molar-refractivity contribution >= 4 is 11.6 Å². The summed E-state index contributed by atoms with van der Waals surface area (Å²) in [5, 5.41) is 17.4. The second kappa shape index (κ2) is 6.84. The van der Waals surface area contributed by atoms with Gasteiger partial charge in [0.05, 0.1) is 23.4 Å². The minimum atomic E-state index is -0.508. The summed E-state index contributed by atoms with van der Waals surface area (Å²) in [6.07, 6.45) is 2.50. The molecular formula is C15H18N4O3. The van der Waals surface area contributed by atoms with Crippen LogP contribution in [0, 0.1) is 16.0 Å². The highest BCUT2D eigenvalue weighted by Gasteiger charge is 2.18. The average Bonchev–Trinajstić information content (AvgIpc) is 2.96. The van der Waals surface area contributed by atoms with Crippen molar-refractivity contribution in [3.63, 3.8) is 0 Å². The summed E-state index contributed by atoms with van der Waals surface area (Å²) in [4.78, 5) is 22.3. The van der Waals surface area contributed by atoms with Gasteiger partial charge in [-0.2, -0.15) is 5.10 Å². The van der Waals surface area contributed by atoms with Gasteiger partial charge < -0.3 is 5.32 Å². The third kappa shape index (κ3) is 3.91. The van der Waals surface area contributed by atoms with E-state index in [0.29, 0.717) is 6.54 Å². The van der Waals surface area contributed by atoms with Crippen molar-refractivity contribution in [1.29, 1.82) is 0 Å². The molecule has 1 amide bonds. The van der Waals surface area contributed by atoms with Crippen molar-refractivity contribution in [3.8, 4) is 0 Å². The largest absolute Gasteiger partial charge is 0.349 e. The lowest BCUT2D eigenvalue weighted by molar-refractivity contribution is -0.385. The van der Waals surface area contributed by atoms with Crippen LogP contribution < -0.4 is 5.32 Å². The molecule has 7 nitrogen and oxygen atoms in total. The number of rotatable bonds is 6. The van der Waals surface area contributed by atoms with Crippen LogP contribution in [0.4, 0.5) is 5.69 Å². The number of hydrogen-bond acceptors (Lipinski definition) is 4. The molecule has 22 heavy (non-hydrogen) atoms. The van der Waals surface area contributed by atoms with Gasteiger partial charge in [-0.25, -0.2) is 0 Å². The second-order valence-electron chi connectivity index (χ2n) is 5.22. The summed E-state index contributed by atoms with van der Waals surface area (Å²) in [6.45, 7) is 3.97. The van der Waals surface area contributed by atoms with E-state index in [-0.39, 0.29) is 23.6 Å². The Bertz CT molecular complexity index is 654. The number of hydrogen-bond donors (Lipinski definition) is 1. The van der Waals surface area contributed by atoms with Gasteiger partial charge >= 0.3 is 5.69 Å². The smallest absolute Gasteiger partial charge is 0.306 e. The Morgan fingerprint density at radius 1 is 1.36 bits per heavy atom. The summed E-state index contributed by atoms with van der Waals surface area (Å²) >= 11 is 0. The first-order chi connectivity index (χ1) is 10.5. The molecule has 1 aromatic heterocycles. The molecule has 1 aromatic carbocycles. The van der Waals surface area contributed by atoms with Crippen LogP contribution in [0.1, 0.15) is 25.5 Å². The first-order valence-electron chi connectivity index (χ1n) is 6.99. The van der Waals surface area contributed by atoms with Crippen LogP contribution in [0.2, 0.25) is 0 Å². The van der Waals surface area contributed by atoms with Crippen molar-refractivity contribution in [2.24, 2.45) is 5.92 Å². The number of benzene rings is 1. The molecule has 0 radical (unpaired) electrons. The van der Waals surface area contributed by atoms with Crippen LogP contribution >= 0.6 is 0 Å². The zero-order valence-corrected chi connectivity index (χ0v) is 12.5. The van der Waals surface area contributed by atoms with Gasteiger partial charge in [0, 0.05) is 0 Å². The summed E-state index contributed by atoms with van der Waals surface area (Å²) < 4.78 is 1.41. The fourth-order valence-corrected chi connectivity index (χ4v) is 2.09. The molecule has 2 atom stereocenters. The lowest BCUT2D eigenvalue weighted by atomic mass is 10.1. The maximum Gasteiger partial charge on any atom is 0.306 e. The number of nitrogens with one attached hydrogen (secondary N) is 1. The lowest BCUT2D eigenvalue weighted by Crippen LogP contribution is -2.33. The predicted molar refractivity (Wildman–Crippen MR) is 81.0 cm³/mol. The molecule has 2 rings (SSSR count). The highest BCUT2D eigenvalue weighted by Crippen LogP contribution is 2.13. The average molecular weight is 302 g/mol. The van der Waals surface area contributed by atoms with Gasteiger partial charge in [-0.1, -0.05) is 37.3 Å². The van der Waals surface area contributed by atoms with Crippen LogP contribution in [0.25, 0.3) is 0 Å². The van der Waals surface area contributed by atoms with E-state index in [1.165, 1.54) is 17.1 Å².